The van der Waals surface area contributed by atoms with Crippen molar-refractivity contribution in [3.63, 3.8) is 0 Å². The predicted octanol–water partition coefficient (Wildman–Crippen LogP) is 2.58. The van der Waals surface area contributed by atoms with Crippen molar-refractivity contribution in [1.82, 2.24) is 4.98 Å². The van der Waals surface area contributed by atoms with Gasteiger partial charge in [0.25, 0.3) is 5.91 Å². The molecule has 2 rings (SSSR count). The Labute approximate surface area is 118 Å². The third-order valence-corrected chi connectivity index (χ3v) is 2.82. The maximum Gasteiger partial charge on any atom is 0.258 e. The molecule has 0 spiro atoms. The zero-order chi connectivity index (χ0) is 14.7. The molecule has 3 N–H and O–H groups in total. The van der Waals surface area contributed by atoms with Gasteiger partial charge in [-0.1, -0.05) is 11.6 Å². The van der Waals surface area contributed by atoms with Gasteiger partial charge in [-0.2, -0.15) is 5.26 Å². The van der Waals surface area contributed by atoms with Gasteiger partial charge in [-0.25, -0.2) is 9.37 Å². The Morgan fingerprint density at radius 3 is 2.85 bits per heavy atom. The van der Waals surface area contributed by atoms with Crippen molar-refractivity contribution in [2.75, 3.05) is 11.1 Å². The molecule has 2 aromatic rings. The highest BCUT2D eigenvalue weighted by atomic mass is 35.5. The fourth-order valence-electron chi connectivity index (χ4n) is 1.51. The van der Waals surface area contributed by atoms with Crippen LogP contribution in [0.2, 0.25) is 5.02 Å². The topological polar surface area (TPSA) is 91.8 Å². The van der Waals surface area contributed by atoms with Crippen molar-refractivity contribution in [1.29, 1.82) is 5.26 Å². The van der Waals surface area contributed by atoms with E-state index in [1.807, 2.05) is 6.07 Å². The molecule has 7 heteroatoms. The summed E-state index contributed by atoms with van der Waals surface area (Å²) in [4.78, 5) is 15.5. The van der Waals surface area contributed by atoms with Gasteiger partial charge >= 0.3 is 0 Å². The summed E-state index contributed by atoms with van der Waals surface area (Å²) in [5.41, 5.74) is 5.68. The number of nitriles is 1. The summed E-state index contributed by atoms with van der Waals surface area (Å²) in [6.07, 6.45) is 1.23. The first kappa shape index (κ1) is 13.8. The van der Waals surface area contributed by atoms with E-state index >= 15 is 0 Å². The highest BCUT2D eigenvalue weighted by Crippen LogP contribution is 2.24. The molecule has 1 aromatic carbocycles. The molecular weight excluding hydrogens is 283 g/mol. The zero-order valence-electron chi connectivity index (χ0n) is 10.0. The number of hydrogen-bond acceptors (Lipinski definition) is 4. The molecule has 1 amide bonds. The van der Waals surface area contributed by atoms with Crippen LogP contribution < -0.4 is 11.1 Å². The number of nitrogen functional groups attached to an aromatic ring is 1. The lowest BCUT2D eigenvalue weighted by atomic mass is 10.2. The van der Waals surface area contributed by atoms with Crippen molar-refractivity contribution in [2.45, 2.75) is 0 Å². The fraction of sp³-hybridized carbons (Fsp3) is 0. The quantitative estimate of drug-likeness (QED) is 0.889. The number of hydrogen-bond donors (Lipinski definition) is 2. The van der Waals surface area contributed by atoms with E-state index < -0.39 is 11.7 Å². The Morgan fingerprint density at radius 1 is 1.45 bits per heavy atom. The molecule has 1 aromatic heterocycles. The molecule has 0 aliphatic rings. The third kappa shape index (κ3) is 2.68. The summed E-state index contributed by atoms with van der Waals surface area (Å²) in [6.45, 7) is 0. The van der Waals surface area contributed by atoms with Crippen molar-refractivity contribution in [2.24, 2.45) is 0 Å². The number of anilines is 2. The molecule has 0 aliphatic heterocycles. The average Bonchev–Trinajstić information content (AvgIpc) is 2.44. The standard InChI is InChI=1S/C13H8ClFN4O/c14-9-5-7(6-16)1-2-10(9)19-13(20)8-3-4-18-12(17)11(8)15/h1-5H,(H2,17,18)(H,19,20). The number of benzene rings is 1. The molecule has 0 atom stereocenters. The van der Waals surface area contributed by atoms with Crippen molar-refractivity contribution in [3.05, 3.63) is 52.4 Å². The average molecular weight is 291 g/mol. The molecule has 0 saturated carbocycles. The van der Waals surface area contributed by atoms with Crippen molar-refractivity contribution >= 4 is 29.0 Å². The third-order valence-electron chi connectivity index (χ3n) is 2.51. The minimum atomic E-state index is -0.894. The second-order valence-electron chi connectivity index (χ2n) is 3.82. The normalized spacial score (nSPS) is 9.85. The molecule has 0 fully saturated rings. The van der Waals surface area contributed by atoms with Gasteiger partial charge in [0.05, 0.1) is 27.9 Å². The highest BCUT2D eigenvalue weighted by molar-refractivity contribution is 6.34. The van der Waals surface area contributed by atoms with Crippen molar-refractivity contribution in [3.8, 4) is 6.07 Å². The van der Waals surface area contributed by atoms with Crippen LogP contribution in [0.3, 0.4) is 0 Å². The zero-order valence-corrected chi connectivity index (χ0v) is 10.8. The number of carbonyl (C=O) groups is 1. The number of amides is 1. The smallest absolute Gasteiger partial charge is 0.258 e. The lowest BCUT2D eigenvalue weighted by molar-refractivity contribution is 0.102. The Bertz CT molecular complexity index is 727. The first-order valence-electron chi connectivity index (χ1n) is 5.44. The molecule has 0 saturated heterocycles. The summed E-state index contributed by atoms with van der Waals surface area (Å²) < 4.78 is 13.6. The Morgan fingerprint density at radius 2 is 2.20 bits per heavy atom. The van der Waals surface area contributed by atoms with E-state index in [4.69, 9.17) is 22.6 Å². The monoisotopic (exact) mass is 290 g/mol. The SMILES string of the molecule is N#Cc1ccc(NC(=O)c2ccnc(N)c2F)c(Cl)c1. The summed E-state index contributed by atoms with van der Waals surface area (Å²) in [7, 11) is 0. The van der Waals surface area contributed by atoms with Crippen LogP contribution in [0.1, 0.15) is 15.9 Å². The second-order valence-corrected chi connectivity index (χ2v) is 4.23. The van der Waals surface area contributed by atoms with E-state index in [0.717, 1.165) is 0 Å². The van der Waals surface area contributed by atoms with Gasteiger partial charge in [-0.15, -0.1) is 0 Å². The number of nitrogens with two attached hydrogens (primary N) is 1. The van der Waals surface area contributed by atoms with Gasteiger partial charge in [0.1, 0.15) is 0 Å². The molecular formula is C13H8ClFN4O. The predicted molar refractivity (Wildman–Crippen MR) is 72.7 cm³/mol. The van der Waals surface area contributed by atoms with Crippen LogP contribution >= 0.6 is 11.6 Å². The fourth-order valence-corrected chi connectivity index (χ4v) is 1.74. The molecule has 20 heavy (non-hydrogen) atoms. The van der Waals surface area contributed by atoms with Crippen LogP contribution in [0.25, 0.3) is 0 Å². The molecule has 0 unspecified atom stereocenters. The first-order valence-corrected chi connectivity index (χ1v) is 5.81. The highest BCUT2D eigenvalue weighted by Gasteiger charge is 2.15. The molecule has 0 radical (unpaired) electrons. The van der Waals surface area contributed by atoms with E-state index in [0.29, 0.717) is 5.56 Å². The van der Waals surface area contributed by atoms with Crippen molar-refractivity contribution < 1.29 is 9.18 Å². The minimum absolute atomic E-state index is 0.180. The van der Waals surface area contributed by atoms with Gasteiger partial charge in [0.15, 0.2) is 11.6 Å². The lowest BCUT2D eigenvalue weighted by Gasteiger charge is -2.08. The lowest BCUT2D eigenvalue weighted by Crippen LogP contribution is -2.15. The number of nitrogens with zero attached hydrogens (tertiary/aromatic N) is 2. The second kappa shape index (κ2) is 5.55. The number of rotatable bonds is 2. The van der Waals surface area contributed by atoms with E-state index in [-0.39, 0.29) is 22.1 Å². The molecule has 0 aliphatic carbocycles. The van der Waals surface area contributed by atoms with Gasteiger partial charge in [0, 0.05) is 6.20 Å². The minimum Gasteiger partial charge on any atom is -0.381 e. The number of carbonyl (C=O) groups excluding carboxylic acids is 1. The Hall–Kier alpha value is -2.65. The summed E-state index contributed by atoms with van der Waals surface area (Å²) in [5, 5.41) is 11.3. The summed E-state index contributed by atoms with van der Waals surface area (Å²) in [6, 6.07) is 7.46. The van der Waals surface area contributed by atoms with E-state index in [9.17, 15) is 9.18 Å². The van der Waals surface area contributed by atoms with Gasteiger partial charge < -0.3 is 11.1 Å². The summed E-state index contributed by atoms with van der Waals surface area (Å²) >= 11 is 5.91. The van der Waals surface area contributed by atoms with Crippen LogP contribution in [0.15, 0.2) is 30.5 Å². The van der Waals surface area contributed by atoms with Crippen LogP contribution in [0.4, 0.5) is 15.9 Å². The Balaban J connectivity index is 2.29. The van der Waals surface area contributed by atoms with Gasteiger partial charge in [0.2, 0.25) is 0 Å². The largest absolute Gasteiger partial charge is 0.381 e. The van der Waals surface area contributed by atoms with Crippen LogP contribution in [0.5, 0.6) is 0 Å². The van der Waals surface area contributed by atoms with Crippen LogP contribution in [0, 0.1) is 17.1 Å². The number of pyridine rings is 1. The van der Waals surface area contributed by atoms with E-state index in [2.05, 4.69) is 10.3 Å². The molecule has 5 nitrogen and oxygen atoms in total. The maximum absolute atomic E-state index is 13.6. The van der Waals surface area contributed by atoms with Gasteiger partial charge in [-0.05, 0) is 24.3 Å². The number of halogens is 2. The Kier molecular flexibility index (Phi) is 3.82. The summed E-state index contributed by atoms with van der Waals surface area (Å²) in [5.74, 6) is -1.96. The van der Waals surface area contributed by atoms with E-state index in [1.54, 1.807) is 0 Å². The number of nitrogens with one attached hydrogen (secondary N) is 1. The molecule has 0 bridgehead atoms. The van der Waals surface area contributed by atoms with Crippen LogP contribution in [-0.2, 0) is 0 Å². The maximum atomic E-state index is 13.6. The molecule has 100 valence electrons. The van der Waals surface area contributed by atoms with Crippen LogP contribution in [-0.4, -0.2) is 10.9 Å². The number of aromatic nitrogens is 1. The van der Waals surface area contributed by atoms with Gasteiger partial charge in [-0.3, -0.25) is 4.79 Å². The molecule has 1 heterocycles. The first-order chi connectivity index (χ1) is 9.52. The van der Waals surface area contributed by atoms with E-state index in [1.165, 1.54) is 30.5 Å².